The fourth-order valence-corrected chi connectivity index (χ4v) is 2.63. The van der Waals surface area contributed by atoms with Crippen molar-refractivity contribution in [1.82, 2.24) is 5.32 Å². The topological polar surface area (TPSA) is 72.7 Å². The molecule has 1 fully saturated rings. The average molecular weight is 265 g/mol. The van der Waals surface area contributed by atoms with Crippen LogP contribution >= 0.6 is 0 Å². The van der Waals surface area contributed by atoms with Gasteiger partial charge in [-0.1, -0.05) is 19.1 Å². The predicted molar refractivity (Wildman–Crippen MR) is 74.1 cm³/mol. The third-order valence-electron chi connectivity index (χ3n) is 4.07. The standard InChI is InChI=1S/C15H23NO3/c1-11-5-7-15(19,8-6-11)10-16-9-12-3-2-4-13(17)14(12)18/h2-4,11,16-19H,5-10H2,1H3. The summed E-state index contributed by atoms with van der Waals surface area (Å²) >= 11 is 0. The highest BCUT2D eigenvalue weighted by atomic mass is 16.3. The highest BCUT2D eigenvalue weighted by molar-refractivity contribution is 5.44. The summed E-state index contributed by atoms with van der Waals surface area (Å²) in [4.78, 5) is 0. The molecule has 1 aromatic carbocycles. The lowest BCUT2D eigenvalue weighted by molar-refractivity contribution is -0.00633. The summed E-state index contributed by atoms with van der Waals surface area (Å²) in [6.45, 7) is 3.19. The van der Waals surface area contributed by atoms with Gasteiger partial charge in [0.25, 0.3) is 0 Å². The number of phenols is 2. The Balaban J connectivity index is 1.85. The van der Waals surface area contributed by atoms with Crippen LogP contribution in [0.1, 0.15) is 38.2 Å². The van der Waals surface area contributed by atoms with Crippen molar-refractivity contribution in [3.63, 3.8) is 0 Å². The molecule has 4 nitrogen and oxygen atoms in total. The van der Waals surface area contributed by atoms with Crippen molar-refractivity contribution < 1.29 is 15.3 Å². The van der Waals surface area contributed by atoms with Gasteiger partial charge in [0.1, 0.15) is 0 Å². The molecular formula is C15H23NO3. The summed E-state index contributed by atoms with van der Waals surface area (Å²) in [5.41, 5.74) is 0.0201. The van der Waals surface area contributed by atoms with Crippen molar-refractivity contribution in [1.29, 1.82) is 0 Å². The van der Waals surface area contributed by atoms with Gasteiger partial charge in [-0.2, -0.15) is 0 Å². The van der Waals surface area contributed by atoms with E-state index in [0.29, 0.717) is 24.6 Å². The van der Waals surface area contributed by atoms with E-state index in [-0.39, 0.29) is 11.5 Å². The Labute approximate surface area is 114 Å². The van der Waals surface area contributed by atoms with Crippen LogP contribution < -0.4 is 5.32 Å². The van der Waals surface area contributed by atoms with Crippen LogP contribution in [0.3, 0.4) is 0 Å². The molecule has 0 unspecified atom stereocenters. The molecule has 1 saturated carbocycles. The minimum absolute atomic E-state index is 0.0840. The average Bonchev–Trinajstić information content (AvgIpc) is 2.39. The van der Waals surface area contributed by atoms with E-state index in [0.717, 1.165) is 25.7 Å². The van der Waals surface area contributed by atoms with Crippen molar-refractivity contribution in [2.75, 3.05) is 6.54 Å². The molecule has 0 saturated heterocycles. The van der Waals surface area contributed by atoms with Gasteiger partial charge in [-0.3, -0.25) is 0 Å². The van der Waals surface area contributed by atoms with Gasteiger partial charge < -0.3 is 20.6 Å². The lowest BCUT2D eigenvalue weighted by atomic mass is 9.79. The largest absolute Gasteiger partial charge is 0.504 e. The Morgan fingerprint density at radius 3 is 2.63 bits per heavy atom. The second kappa shape index (κ2) is 5.80. The van der Waals surface area contributed by atoms with Crippen LogP contribution in [0, 0.1) is 5.92 Å². The van der Waals surface area contributed by atoms with E-state index in [4.69, 9.17) is 0 Å². The molecule has 1 aromatic rings. The van der Waals surface area contributed by atoms with Crippen LogP contribution in [0.5, 0.6) is 11.5 Å². The van der Waals surface area contributed by atoms with Crippen LogP contribution in [-0.4, -0.2) is 27.5 Å². The molecule has 0 heterocycles. The fraction of sp³-hybridized carbons (Fsp3) is 0.600. The summed E-state index contributed by atoms with van der Waals surface area (Å²) in [7, 11) is 0. The number of aromatic hydroxyl groups is 2. The maximum absolute atomic E-state index is 10.4. The van der Waals surface area contributed by atoms with Gasteiger partial charge in [-0.25, -0.2) is 0 Å². The zero-order valence-corrected chi connectivity index (χ0v) is 11.4. The Hall–Kier alpha value is -1.26. The quantitative estimate of drug-likeness (QED) is 0.629. The van der Waals surface area contributed by atoms with Crippen LogP contribution in [0.25, 0.3) is 0 Å². The molecular weight excluding hydrogens is 242 g/mol. The molecule has 0 aliphatic heterocycles. The van der Waals surface area contributed by atoms with E-state index in [2.05, 4.69) is 12.2 Å². The van der Waals surface area contributed by atoms with Crippen LogP contribution in [0.2, 0.25) is 0 Å². The number of benzene rings is 1. The Morgan fingerprint density at radius 1 is 1.26 bits per heavy atom. The zero-order valence-electron chi connectivity index (χ0n) is 11.4. The number of hydrogen-bond donors (Lipinski definition) is 4. The lowest BCUT2D eigenvalue weighted by Gasteiger charge is -2.35. The third-order valence-corrected chi connectivity index (χ3v) is 4.07. The predicted octanol–water partition coefficient (Wildman–Crippen LogP) is 2.13. The first-order valence-corrected chi connectivity index (χ1v) is 6.93. The molecule has 0 spiro atoms. The highest BCUT2D eigenvalue weighted by Crippen LogP contribution is 2.32. The van der Waals surface area contributed by atoms with Gasteiger partial charge in [-0.15, -0.1) is 0 Å². The maximum Gasteiger partial charge on any atom is 0.161 e. The number of rotatable bonds is 4. The number of phenolic OH excluding ortho intramolecular Hbond substituents is 2. The van der Waals surface area contributed by atoms with Crippen molar-refractivity contribution in [2.45, 2.75) is 44.8 Å². The Morgan fingerprint density at radius 2 is 1.95 bits per heavy atom. The van der Waals surface area contributed by atoms with Crippen LogP contribution in [-0.2, 0) is 6.54 Å². The Bertz CT molecular complexity index is 425. The molecule has 0 bridgehead atoms. The SMILES string of the molecule is CC1CCC(O)(CNCc2cccc(O)c2O)CC1. The first kappa shape index (κ1) is 14.2. The smallest absolute Gasteiger partial charge is 0.161 e. The summed E-state index contributed by atoms with van der Waals surface area (Å²) in [6, 6.07) is 4.91. The second-order valence-electron chi connectivity index (χ2n) is 5.80. The van der Waals surface area contributed by atoms with Crippen LogP contribution in [0.4, 0.5) is 0 Å². The number of para-hydroxylation sites is 1. The lowest BCUT2D eigenvalue weighted by Crippen LogP contribution is -2.43. The summed E-state index contributed by atoms with van der Waals surface area (Å²) < 4.78 is 0. The number of nitrogens with one attached hydrogen (secondary N) is 1. The normalized spacial score (nSPS) is 27.4. The van der Waals surface area contributed by atoms with Gasteiger partial charge in [0.15, 0.2) is 11.5 Å². The molecule has 4 N–H and O–H groups in total. The summed E-state index contributed by atoms with van der Waals surface area (Å²) in [6.07, 6.45) is 3.78. The molecule has 1 aliphatic rings. The van der Waals surface area contributed by atoms with Gasteiger partial charge in [-0.05, 0) is 37.7 Å². The van der Waals surface area contributed by atoms with E-state index in [9.17, 15) is 15.3 Å². The van der Waals surface area contributed by atoms with E-state index in [1.165, 1.54) is 6.07 Å². The molecule has 0 aromatic heterocycles. The monoisotopic (exact) mass is 265 g/mol. The molecule has 106 valence electrons. The Kier molecular flexibility index (Phi) is 4.32. The molecule has 0 amide bonds. The number of aliphatic hydroxyl groups is 1. The molecule has 2 rings (SSSR count). The van der Waals surface area contributed by atoms with Crippen molar-refractivity contribution in [3.05, 3.63) is 23.8 Å². The molecule has 4 heteroatoms. The minimum atomic E-state index is -0.626. The summed E-state index contributed by atoms with van der Waals surface area (Å²) in [5, 5.41) is 32.7. The van der Waals surface area contributed by atoms with Crippen molar-refractivity contribution in [2.24, 2.45) is 5.92 Å². The zero-order chi connectivity index (χ0) is 13.9. The van der Waals surface area contributed by atoms with Gasteiger partial charge in [0.05, 0.1) is 5.60 Å². The van der Waals surface area contributed by atoms with Gasteiger partial charge in [0, 0.05) is 18.7 Å². The maximum atomic E-state index is 10.4. The molecule has 1 aliphatic carbocycles. The van der Waals surface area contributed by atoms with Gasteiger partial charge in [0.2, 0.25) is 0 Å². The fourth-order valence-electron chi connectivity index (χ4n) is 2.63. The van der Waals surface area contributed by atoms with Crippen molar-refractivity contribution >= 4 is 0 Å². The first-order valence-electron chi connectivity index (χ1n) is 6.93. The number of hydrogen-bond acceptors (Lipinski definition) is 4. The van der Waals surface area contributed by atoms with E-state index in [1.807, 2.05) is 0 Å². The van der Waals surface area contributed by atoms with E-state index < -0.39 is 5.60 Å². The summed E-state index contributed by atoms with van der Waals surface area (Å²) in [5.74, 6) is 0.513. The molecule has 0 atom stereocenters. The van der Waals surface area contributed by atoms with Crippen LogP contribution in [0.15, 0.2) is 18.2 Å². The third kappa shape index (κ3) is 3.61. The van der Waals surface area contributed by atoms with E-state index >= 15 is 0 Å². The first-order chi connectivity index (χ1) is 9.00. The van der Waals surface area contributed by atoms with E-state index in [1.54, 1.807) is 12.1 Å². The van der Waals surface area contributed by atoms with Gasteiger partial charge >= 0.3 is 0 Å². The molecule has 0 radical (unpaired) electrons. The molecule has 19 heavy (non-hydrogen) atoms. The van der Waals surface area contributed by atoms with Crippen molar-refractivity contribution in [3.8, 4) is 11.5 Å². The highest BCUT2D eigenvalue weighted by Gasteiger charge is 2.31. The second-order valence-corrected chi connectivity index (χ2v) is 5.80. The minimum Gasteiger partial charge on any atom is -0.504 e.